The van der Waals surface area contributed by atoms with E-state index in [0.717, 1.165) is 32.1 Å². The van der Waals surface area contributed by atoms with Gasteiger partial charge in [0.1, 0.15) is 0 Å². The molecule has 2 rings (SSSR count). The number of piperidine rings is 1. The Morgan fingerprint density at radius 2 is 2.15 bits per heavy atom. The van der Waals surface area contributed by atoms with Gasteiger partial charge in [-0.15, -0.1) is 0 Å². The molecular weight excluding hydrogens is 252 g/mol. The van der Waals surface area contributed by atoms with Gasteiger partial charge in [-0.3, -0.25) is 0 Å². The zero-order valence-electron chi connectivity index (χ0n) is 12.8. The van der Waals surface area contributed by atoms with Gasteiger partial charge in [0.15, 0.2) is 0 Å². The number of hydrogen-bond acceptors (Lipinski definition) is 4. The van der Waals surface area contributed by atoms with Crippen molar-refractivity contribution in [2.75, 3.05) is 45.2 Å². The highest BCUT2D eigenvalue weighted by atomic mass is 16.5. The van der Waals surface area contributed by atoms with Gasteiger partial charge in [-0.05, 0) is 39.3 Å². The van der Waals surface area contributed by atoms with Gasteiger partial charge in [0, 0.05) is 45.2 Å². The zero-order valence-corrected chi connectivity index (χ0v) is 12.8. The number of methoxy groups -OCH3 is 1. The summed E-state index contributed by atoms with van der Waals surface area (Å²) in [4.78, 5) is 6.99. The molecule has 0 aliphatic carbocycles. The quantitative estimate of drug-likeness (QED) is 0.742. The Morgan fingerprint density at radius 3 is 2.90 bits per heavy atom. The number of aromatic nitrogens is 2. The summed E-state index contributed by atoms with van der Waals surface area (Å²) in [7, 11) is 1.74. The second kappa shape index (κ2) is 8.27. The Kier molecular flexibility index (Phi) is 6.33. The molecule has 0 aromatic carbocycles. The lowest BCUT2D eigenvalue weighted by atomic mass is 10.1. The summed E-state index contributed by atoms with van der Waals surface area (Å²) in [5, 5.41) is 3.40. The minimum Gasteiger partial charge on any atom is -0.385 e. The van der Waals surface area contributed by atoms with E-state index in [9.17, 15) is 0 Å². The van der Waals surface area contributed by atoms with E-state index in [-0.39, 0.29) is 0 Å². The fourth-order valence-electron chi connectivity index (χ4n) is 2.83. The monoisotopic (exact) mass is 280 g/mol. The average Bonchev–Trinajstić information content (AvgIpc) is 2.93. The minimum atomic E-state index is 0.459. The van der Waals surface area contributed by atoms with Gasteiger partial charge in [-0.1, -0.05) is 6.42 Å². The average molecular weight is 280 g/mol. The summed E-state index contributed by atoms with van der Waals surface area (Å²) in [6.45, 7) is 7.57. The summed E-state index contributed by atoms with van der Waals surface area (Å²) >= 11 is 0. The van der Waals surface area contributed by atoms with Crippen molar-refractivity contribution < 1.29 is 4.74 Å². The van der Waals surface area contributed by atoms with Crippen molar-refractivity contribution in [3.05, 3.63) is 12.4 Å². The standard InChI is InChI=1S/C15H28N4O/c1-14(13-18-9-4-3-5-10-18)19-11-8-17-15(19)16-7-6-12-20-2/h8,11,14H,3-7,9-10,12-13H2,1-2H3,(H,16,17). The predicted molar refractivity (Wildman–Crippen MR) is 82.2 cm³/mol. The Hall–Kier alpha value is -1.07. The van der Waals surface area contributed by atoms with Crippen LogP contribution in [0.15, 0.2) is 12.4 Å². The molecular formula is C15H28N4O. The Bertz CT molecular complexity index is 374. The van der Waals surface area contributed by atoms with Crippen molar-refractivity contribution in [3.63, 3.8) is 0 Å². The number of likely N-dealkylation sites (tertiary alicyclic amines) is 1. The van der Waals surface area contributed by atoms with Crippen LogP contribution in [0.4, 0.5) is 5.95 Å². The van der Waals surface area contributed by atoms with Crippen LogP contribution >= 0.6 is 0 Å². The summed E-state index contributed by atoms with van der Waals surface area (Å²) in [6, 6.07) is 0.459. The SMILES string of the molecule is COCCCNc1nccn1C(C)CN1CCCCC1. The van der Waals surface area contributed by atoms with E-state index in [0.29, 0.717) is 6.04 Å². The van der Waals surface area contributed by atoms with Gasteiger partial charge in [0.05, 0.1) is 0 Å². The summed E-state index contributed by atoms with van der Waals surface area (Å²) in [6.07, 6.45) is 9.04. The topological polar surface area (TPSA) is 42.3 Å². The molecule has 0 saturated carbocycles. The van der Waals surface area contributed by atoms with Gasteiger partial charge < -0.3 is 19.5 Å². The van der Waals surface area contributed by atoms with E-state index < -0.39 is 0 Å². The number of imidazole rings is 1. The molecule has 1 aromatic rings. The van der Waals surface area contributed by atoms with Gasteiger partial charge >= 0.3 is 0 Å². The van der Waals surface area contributed by atoms with E-state index in [1.807, 2.05) is 6.20 Å². The first-order chi connectivity index (χ1) is 9.81. The normalized spacial score (nSPS) is 18.1. The maximum absolute atomic E-state index is 5.07. The fourth-order valence-corrected chi connectivity index (χ4v) is 2.83. The molecule has 1 aromatic heterocycles. The molecule has 0 amide bonds. The fraction of sp³-hybridized carbons (Fsp3) is 0.800. The number of nitrogens with zero attached hydrogens (tertiary/aromatic N) is 3. The summed E-state index contributed by atoms with van der Waals surface area (Å²) in [5.41, 5.74) is 0. The first-order valence-electron chi connectivity index (χ1n) is 7.79. The summed E-state index contributed by atoms with van der Waals surface area (Å²) in [5.74, 6) is 0.977. The summed E-state index contributed by atoms with van der Waals surface area (Å²) < 4.78 is 7.32. The van der Waals surface area contributed by atoms with Crippen molar-refractivity contribution in [3.8, 4) is 0 Å². The van der Waals surface area contributed by atoms with Crippen molar-refractivity contribution in [2.45, 2.75) is 38.6 Å². The number of anilines is 1. The molecule has 1 fully saturated rings. The van der Waals surface area contributed by atoms with Crippen molar-refractivity contribution in [1.29, 1.82) is 0 Å². The maximum Gasteiger partial charge on any atom is 0.203 e. The maximum atomic E-state index is 5.07. The van der Waals surface area contributed by atoms with Crippen LogP contribution < -0.4 is 5.32 Å². The van der Waals surface area contributed by atoms with Gasteiger partial charge in [0.25, 0.3) is 0 Å². The Morgan fingerprint density at radius 1 is 1.35 bits per heavy atom. The highest BCUT2D eigenvalue weighted by molar-refractivity contribution is 5.26. The molecule has 0 bridgehead atoms. The van der Waals surface area contributed by atoms with E-state index in [4.69, 9.17) is 4.74 Å². The van der Waals surface area contributed by atoms with E-state index in [1.54, 1.807) is 7.11 Å². The van der Waals surface area contributed by atoms with E-state index in [1.165, 1.54) is 32.4 Å². The van der Waals surface area contributed by atoms with Crippen LogP contribution in [0.3, 0.4) is 0 Å². The van der Waals surface area contributed by atoms with Crippen molar-refractivity contribution in [1.82, 2.24) is 14.5 Å². The molecule has 1 atom stereocenters. The van der Waals surface area contributed by atoms with E-state index >= 15 is 0 Å². The van der Waals surface area contributed by atoms with Gasteiger partial charge in [-0.2, -0.15) is 0 Å². The van der Waals surface area contributed by atoms with Crippen LogP contribution in [0, 0.1) is 0 Å². The third kappa shape index (κ3) is 4.49. The largest absolute Gasteiger partial charge is 0.385 e. The first-order valence-corrected chi connectivity index (χ1v) is 7.79. The molecule has 0 radical (unpaired) electrons. The minimum absolute atomic E-state index is 0.459. The second-order valence-corrected chi connectivity index (χ2v) is 5.64. The number of rotatable bonds is 8. The molecule has 5 heteroatoms. The third-order valence-electron chi connectivity index (χ3n) is 3.92. The Labute approximate surface area is 122 Å². The molecule has 1 N–H and O–H groups in total. The van der Waals surface area contributed by atoms with Crippen molar-refractivity contribution in [2.24, 2.45) is 0 Å². The van der Waals surface area contributed by atoms with Gasteiger partial charge in [0.2, 0.25) is 5.95 Å². The number of ether oxygens (including phenoxy) is 1. The van der Waals surface area contributed by atoms with Crippen LogP contribution in [0.2, 0.25) is 0 Å². The molecule has 1 aliphatic rings. The van der Waals surface area contributed by atoms with Crippen LogP contribution in [0.1, 0.15) is 38.6 Å². The molecule has 5 nitrogen and oxygen atoms in total. The van der Waals surface area contributed by atoms with E-state index in [2.05, 4.69) is 32.9 Å². The second-order valence-electron chi connectivity index (χ2n) is 5.64. The molecule has 20 heavy (non-hydrogen) atoms. The molecule has 1 unspecified atom stereocenters. The molecule has 114 valence electrons. The molecule has 1 saturated heterocycles. The lowest BCUT2D eigenvalue weighted by molar-refractivity contribution is 0.197. The van der Waals surface area contributed by atoms with Crippen LogP contribution in [-0.2, 0) is 4.74 Å². The molecule has 2 heterocycles. The van der Waals surface area contributed by atoms with Crippen LogP contribution in [-0.4, -0.2) is 54.3 Å². The van der Waals surface area contributed by atoms with Crippen LogP contribution in [0.5, 0.6) is 0 Å². The molecule has 0 spiro atoms. The highest BCUT2D eigenvalue weighted by Gasteiger charge is 2.16. The zero-order chi connectivity index (χ0) is 14.2. The number of nitrogens with one attached hydrogen (secondary N) is 1. The lowest BCUT2D eigenvalue weighted by Gasteiger charge is -2.30. The lowest BCUT2D eigenvalue weighted by Crippen LogP contribution is -2.34. The highest BCUT2D eigenvalue weighted by Crippen LogP contribution is 2.17. The van der Waals surface area contributed by atoms with Crippen LogP contribution in [0.25, 0.3) is 0 Å². The Balaban J connectivity index is 1.82. The first kappa shape index (κ1) is 15.3. The van der Waals surface area contributed by atoms with Crippen molar-refractivity contribution >= 4 is 5.95 Å². The number of hydrogen-bond donors (Lipinski definition) is 1. The van der Waals surface area contributed by atoms with Gasteiger partial charge in [-0.25, -0.2) is 4.98 Å². The smallest absolute Gasteiger partial charge is 0.203 e. The predicted octanol–water partition coefficient (Wildman–Crippen LogP) is 2.38. The molecule has 1 aliphatic heterocycles. The third-order valence-corrected chi connectivity index (χ3v) is 3.92.